The van der Waals surface area contributed by atoms with E-state index in [1.54, 1.807) is 11.9 Å². The van der Waals surface area contributed by atoms with E-state index in [9.17, 15) is 27.6 Å². The summed E-state index contributed by atoms with van der Waals surface area (Å²) >= 11 is 0. The number of nitrogens with zero attached hydrogens (tertiary/aromatic N) is 3. The zero-order valence-electron chi connectivity index (χ0n) is 18.0. The number of fused-ring (bicyclic) bond motifs is 1. The van der Waals surface area contributed by atoms with Crippen LogP contribution >= 0.6 is 0 Å². The van der Waals surface area contributed by atoms with Gasteiger partial charge in [0.2, 0.25) is 5.91 Å². The highest BCUT2D eigenvalue weighted by Gasteiger charge is 2.41. The monoisotopic (exact) mass is 452 g/mol. The molecule has 0 aromatic heterocycles. The van der Waals surface area contributed by atoms with Gasteiger partial charge in [-0.15, -0.1) is 0 Å². The van der Waals surface area contributed by atoms with E-state index in [0.29, 0.717) is 35.5 Å². The molecule has 7 nitrogen and oxygen atoms in total. The smallest absolute Gasteiger partial charge is 0.329 e. The maximum atomic E-state index is 13.6. The second kappa shape index (κ2) is 9.09. The lowest BCUT2D eigenvalue weighted by Gasteiger charge is -2.45. The van der Waals surface area contributed by atoms with Crippen LogP contribution in [-0.2, 0) is 9.59 Å². The molecule has 1 aromatic rings. The molecule has 1 aromatic carbocycles. The number of nitrogens with one attached hydrogen (secondary N) is 1. The Kier molecular flexibility index (Phi) is 6.41. The van der Waals surface area contributed by atoms with Crippen LogP contribution in [0.2, 0.25) is 0 Å². The fourth-order valence-electron chi connectivity index (χ4n) is 5.16. The van der Waals surface area contributed by atoms with E-state index in [1.807, 2.05) is 0 Å². The molecule has 3 fully saturated rings. The average Bonchev–Trinajstić information content (AvgIpc) is 3.04. The molecule has 3 aliphatic rings. The average molecular weight is 452 g/mol. The summed E-state index contributed by atoms with van der Waals surface area (Å²) in [4.78, 5) is 42.4. The summed E-state index contributed by atoms with van der Waals surface area (Å²) in [7, 11) is 1.69. The lowest BCUT2D eigenvalue weighted by atomic mass is 9.83. The van der Waals surface area contributed by atoms with Crippen LogP contribution in [-0.4, -0.2) is 66.4 Å². The van der Waals surface area contributed by atoms with Crippen molar-refractivity contribution in [3.8, 4) is 0 Å². The molecule has 3 aliphatic heterocycles. The Morgan fingerprint density at radius 2 is 1.78 bits per heavy atom. The fraction of sp³-hybridized carbons (Fsp3) is 0.591. The van der Waals surface area contributed by atoms with E-state index < -0.39 is 41.1 Å². The molecular weight excluding hydrogens is 425 g/mol. The van der Waals surface area contributed by atoms with Crippen LogP contribution in [0.3, 0.4) is 0 Å². The highest BCUT2D eigenvalue weighted by molar-refractivity contribution is 6.22. The molecular formula is C22H27F3N4O3. The molecule has 3 atom stereocenters. The van der Waals surface area contributed by atoms with Crippen LogP contribution in [0.25, 0.3) is 0 Å². The summed E-state index contributed by atoms with van der Waals surface area (Å²) in [5.41, 5.74) is -0.424. The number of amides is 4. The van der Waals surface area contributed by atoms with Crippen molar-refractivity contribution in [2.24, 2.45) is 5.92 Å². The number of rotatable bonds is 5. The maximum absolute atomic E-state index is 13.6. The SMILES string of the molecule is CN(C[C@@H]1CCCN2CCCC[C@H]12)C(=O)C[C@H]1NC(=O)N(c2cc(F)c(F)c(F)c2)C1=O. The number of benzene rings is 1. The third-order valence-electron chi connectivity index (χ3n) is 6.79. The van der Waals surface area contributed by atoms with Crippen molar-refractivity contribution in [3.05, 3.63) is 29.6 Å². The number of carbonyl (C=O) groups is 3. The van der Waals surface area contributed by atoms with Gasteiger partial charge in [-0.1, -0.05) is 6.42 Å². The summed E-state index contributed by atoms with van der Waals surface area (Å²) in [6.45, 7) is 2.77. The van der Waals surface area contributed by atoms with E-state index in [-0.39, 0.29) is 12.3 Å². The van der Waals surface area contributed by atoms with E-state index in [2.05, 4.69) is 10.2 Å². The number of hydrogen-bond acceptors (Lipinski definition) is 4. The van der Waals surface area contributed by atoms with Gasteiger partial charge in [0.1, 0.15) is 6.04 Å². The number of piperidine rings is 2. The number of anilines is 1. The van der Waals surface area contributed by atoms with Crippen LogP contribution in [0.1, 0.15) is 38.5 Å². The zero-order valence-corrected chi connectivity index (χ0v) is 18.0. The van der Waals surface area contributed by atoms with Crippen molar-refractivity contribution in [3.63, 3.8) is 0 Å². The Balaban J connectivity index is 1.39. The molecule has 174 valence electrons. The van der Waals surface area contributed by atoms with Crippen LogP contribution in [0, 0.1) is 23.4 Å². The summed E-state index contributed by atoms with van der Waals surface area (Å²) in [6.07, 6.45) is 5.42. The molecule has 0 spiro atoms. The summed E-state index contributed by atoms with van der Waals surface area (Å²) in [6, 6.07) is -0.437. The topological polar surface area (TPSA) is 73.0 Å². The Morgan fingerprint density at radius 3 is 2.50 bits per heavy atom. The van der Waals surface area contributed by atoms with Gasteiger partial charge in [-0.05, 0) is 44.7 Å². The van der Waals surface area contributed by atoms with Crippen LogP contribution in [0.5, 0.6) is 0 Å². The first-order valence-corrected chi connectivity index (χ1v) is 11.0. The molecule has 4 rings (SSSR count). The number of urea groups is 1. The van der Waals surface area contributed by atoms with Crippen molar-refractivity contribution >= 4 is 23.5 Å². The minimum Gasteiger partial charge on any atom is -0.345 e. The second-order valence-corrected chi connectivity index (χ2v) is 8.88. The quantitative estimate of drug-likeness (QED) is 0.551. The molecule has 0 unspecified atom stereocenters. The van der Waals surface area contributed by atoms with Crippen molar-refractivity contribution in [2.75, 3.05) is 31.6 Å². The highest BCUT2D eigenvalue weighted by Crippen LogP contribution is 2.31. The third-order valence-corrected chi connectivity index (χ3v) is 6.79. The van der Waals surface area contributed by atoms with Crippen molar-refractivity contribution in [1.29, 1.82) is 0 Å². The van der Waals surface area contributed by atoms with Crippen LogP contribution < -0.4 is 10.2 Å². The summed E-state index contributed by atoms with van der Waals surface area (Å²) in [5.74, 6) is -5.44. The number of carbonyl (C=O) groups excluding carboxylic acids is 3. The lowest BCUT2D eigenvalue weighted by Crippen LogP contribution is -2.51. The van der Waals surface area contributed by atoms with Gasteiger partial charge in [0.05, 0.1) is 12.1 Å². The Hall–Kier alpha value is -2.62. The molecule has 10 heteroatoms. The van der Waals surface area contributed by atoms with Crippen LogP contribution in [0.4, 0.5) is 23.7 Å². The number of hydrogen-bond donors (Lipinski definition) is 1. The standard InChI is InChI=1S/C22H27F3N4O3/c1-27(12-13-5-4-8-28-7-3-2-6-18(13)28)19(30)11-17-21(31)29(22(32)26-17)14-9-15(23)20(25)16(24)10-14/h9-10,13,17-18H,2-8,11-12H2,1H3,(H,26,32)/t13-,17+,18+/m0/s1. The zero-order chi connectivity index (χ0) is 23.0. The van der Waals surface area contributed by atoms with Crippen LogP contribution in [0.15, 0.2) is 12.1 Å². The minimum atomic E-state index is -1.69. The van der Waals surface area contributed by atoms with Gasteiger partial charge in [-0.2, -0.15) is 0 Å². The Labute approximate surface area is 184 Å². The van der Waals surface area contributed by atoms with E-state index in [1.165, 1.54) is 12.8 Å². The summed E-state index contributed by atoms with van der Waals surface area (Å²) < 4.78 is 40.3. The minimum absolute atomic E-state index is 0.259. The first-order chi connectivity index (χ1) is 15.3. The Morgan fingerprint density at radius 1 is 1.09 bits per heavy atom. The number of halogens is 3. The largest absolute Gasteiger partial charge is 0.345 e. The second-order valence-electron chi connectivity index (χ2n) is 8.88. The van der Waals surface area contributed by atoms with E-state index >= 15 is 0 Å². The molecule has 1 N–H and O–H groups in total. The van der Waals surface area contributed by atoms with Gasteiger partial charge in [0, 0.05) is 31.8 Å². The summed E-state index contributed by atoms with van der Waals surface area (Å²) in [5, 5.41) is 2.38. The lowest BCUT2D eigenvalue weighted by molar-refractivity contribution is -0.133. The third kappa shape index (κ3) is 4.32. The molecule has 0 radical (unpaired) electrons. The van der Waals surface area contributed by atoms with Gasteiger partial charge >= 0.3 is 6.03 Å². The predicted octanol–water partition coefficient (Wildman–Crippen LogP) is 2.64. The molecule has 3 heterocycles. The number of imide groups is 1. The highest BCUT2D eigenvalue weighted by atomic mass is 19.2. The first-order valence-electron chi connectivity index (χ1n) is 11.0. The fourth-order valence-corrected chi connectivity index (χ4v) is 5.16. The van der Waals surface area contributed by atoms with Crippen molar-refractivity contribution < 1.29 is 27.6 Å². The molecule has 4 amide bonds. The maximum Gasteiger partial charge on any atom is 0.329 e. The van der Waals surface area contributed by atoms with E-state index in [0.717, 1.165) is 32.4 Å². The van der Waals surface area contributed by atoms with E-state index in [4.69, 9.17) is 0 Å². The normalized spacial score (nSPS) is 26.1. The molecule has 0 bridgehead atoms. The van der Waals surface area contributed by atoms with Gasteiger partial charge in [-0.25, -0.2) is 22.9 Å². The first kappa shape index (κ1) is 22.6. The molecule has 0 aliphatic carbocycles. The van der Waals surface area contributed by atoms with Gasteiger partial charge < -0.3 is 15.1 Å². The Bertz CT molecular complexity index is 903. The van der Waals surface area contributed by atoms with Crippen molar-refractivity contribution in [1.82, 2.24) is 15.1 Å². The predicted molar refractivity (Wildman–Crippen MR) is 110 cm³/mol. The molecule has 0 saturated carbocycles. The molecule has 3 saturated heterocycles. The van der Waals surface area contributed by atoms with Gasteiger partial charge in [0.25, 0.3) is 5.91 Å². The molecule has 32 heavy (non-hydrogen) atoms. The van der Waals surface area contributed by atoms with Crippen molar-refractivity contribution in [2.45, 2.75) is 50.6 Å². The van der Waals surface area contributed by atoms with Gasteiger partial charge in [0.15, 0.2) is 17.5 Å². The van der Waals surface area contributed by atoms with Gasteiger partial charge in [-0.3, -0.25) is 9.59 Å².